The molecule has 0 radical (unpaired) electrons. The average molecular weight is 366 g/mol. The van der Waals surface area contributed by atoms with E-state index in [4.69, 9.17) is 17.0 Å². The van der Waals surface area contributed by atoms with Gasteiger partial charge in [-0.3, -0.25) is 4.79 Å². The van der Waals surface area contributed by atoms with E-state index in [1.165, 1.54) is 0 Å². The van der Waals surface area contributed by atoms with Crippen LogP contribution in [0.25, 0.3) is 0 Å². The third-order valence-corrected chi connectivity index (χ3v) is 4.65. The second-order valence-electron chi connectivity index (χ2n) is 6.57. The Labute approximate surface area is 159 Å². The van der Waals surface area contributed by atoms with E-state index in [9.17, 15) is 4.79 Å². The molecule has 0 amide bonds. The summed E-state index contributed by atoms with van der Waals surface area (Å²) in [4.78, 5) is 12.1. The Morgan fingerprint density at radius 3 is 2.42 bits per heavy atom. The smallest absolute Gasteiger partial charge is 0.171 e. The zero-order valence-corrected chi connectivity index (χ0v) is 16.2. The van der Waals surface area contributed by atoms with Crippen LogP contribution in [0.2, 0.25) is 0 Å². The number of thiocarbonyl (C=S) groups is 1. The molecule has 2 aromatic rings. The van der Waals surface area contributed by atoms with E-state index in [2.05, 4.69) is 16.7 Å². The van der Waals surface area contributed by atoms with E-state index < -0.39 is 0 Å². The van der Waals surface area contributed by atoms with Gasteiger partial charge < -0.3 is 15.4 Å². The largest absolute Gasteiger partial charge is 0.457 e. The van der Waals surface area contributed by atoms with Crippen LogP contribution < -0.4 is 15.4 Å². The zero-order chi connectivity index (χ0) is 18.8. The molecule has 0 aliphatic carbocycles. The lowest BCUT2D eigenvalue weighted by Crippen LogP contribution is -2.44. The second-order valence-corrected chi connectivity index (χ2v) is 6.97. The van der Waals surface area contributed by atoms with Crippen molar-refractivity contribution >= 4 is 23.1 Å². The van der Waals surface area contributed by atoms with Gasteiger partial charge in [-0.15, -0.1) is 0 Å². The highest BCUT2D eigenvalue weighted by atomic mass is 32.1. The number of hydrogen-bond donors (Lipinski definition) is 2. The molecule has 1 aliphatic rings. The van der Waals surface area contributed by atoms with Crippen LogP contribution in [0.15, 0.2) is 53.7 Å². The number of ketones is 1. The van der Waals surface area contributed by atoms with E-state index in [1.54, 1.807) is 6.92 Å². The van der Waals surface area contributed by atoms with Crippen molar-refractivity contribution in [1.82, 2.24) is 10.6 Å². The summed E-state index contributed by atoms with van der Waals surface area (Å²) in [5, 5.41) is 6.72. The van der Waals surface area contributed by atoms with Gasteiger partial charge in [-0.25, -0.2) is 0 Å². The number of allylic oxidation sites excluding steroid dienone is 1. The van der Waals surface area contributed by atoms with Gasteiger partial charge >= 0.3 is 0 Å². The summed E-state index contributed by atoms with van der Waals surface area (Å²) in [6.45, 7) is 7.51. The van der Waals surface area contributed by atoms with E-state index in [0.29, 0.717) is 10.7 Å². The van der Waals surface area contributed by atoms with Crippen LogP contribution in [0, 0.1) is 13.8 Å². The zero-order valence-electron chi connectivity index (χ0n) is 15.3. The van der Waals surface area contributed by atoms with E-state index in [-0.39, 0.29) is 11.8 Å². The predicted octanol–water partition coefficient (Wildman–Crippen LogP) is 4.48. The normalized spacial score (nSPS) is 16.8. The number of rotatable bonds is 4. The number of benzene rings is 2. The minimum atomic E-state index is -0.254. The molecule has 5 heteroatoms. The third kappa shape index (κ3) is 3.78. The minimum Gasteiger partial charge on any atom is -0.457 e. The Morgan fingerprint density at radius 1 is 1.08 bits per heavy atom. The summed E-state index contributed by atoms with van der Waals surface area (Å²) in [5.41, 5.74) is 4.69. The first kappa shape index (κ1) is 18.1. The standard InChI is InChI=1S/C21H22N2O2S/c1-12-5-6-13(2)18(11-12)25-17-9-7-16(8-10-17)20-19(15(4)24)14(3)22-21(26)23-20/h5-11,20H,1-4H3,(H2,22,23,26). The lowest BCUT2D eigenvalue weighted by molar-refractivity contribution is -0.114. The maximum Gasteiger partial charge on any atom is 0.171 e. The molecule has 134 valence electrons. The Morgan fingerprint density at radius 2 is 1.77 bits per heavy atom. The van der Waals surface area contributed by atoms with Gasteiger partial charge in [0.2, 0.25) is 0 Å². The molecule has 26 heavy (non-hydrogen) atoms. The number of nitrogens with one attached hydrogen (secondary N) is 2. The van der Waals surface area contributed by atoms with E-state index >= 15 is 0 Å². The number of carbonyl (C=O) groups is 1. The summed E-state index contributed by atoms with van der Waals surface area (Å²) in [5.74, 6) is 1.62. The molecule has 0 saturated heterocycles. The van der Waals surface area contributed by atoms with Gasteiger partial charge in [-0.1, -0.05) is 24.3 Å². The van der Waals surface area contributed by atoms with Crippen molar-refractivity contribution in [3.8, 4) is 11.5 Å². The highest BCUT2D eigenvalue weighted by Gasteiger charge is 2.27. The number of carbonyl (C=O) groups excluding carboxylic acids is 1. The highest BCUT2D eigenvalue weighted by molar-refractivity contribution is 7.80. The topological polar surface area (TPSA) is 50.4 Å². The molecule has 0 bridgehead atoms. The van der Waals surface area contributed by atoms with Gasteiger partial charge in [0.15, 0.2) is 10.9 Å². The van der Waals surface area contributed by atoms with Crippen molar-refractivity contribution in [2.45, 2.75) is 33.7 Å². The van der Waals surface area contributed by atoms with Crippen LogP contribution in [-0.4, -0.2) is 10.9 Å². The highest BCUT2D eigenvalue weighted by Crippen LogP contribution is 2.30. The molecule has 3 rings (SSSR count). The number of ether oxygens (including phenoxy) is 1. The van der Waals surface area contributed by atoms with Gasteiger partial charge in [0, 0.05) is 11.3 Å². The summed E-state index contributed by atoms with van der Waals surface area (Å²) < 4.78 is 6.01. The van der Waals surface area contributed by atoms with Crippen molar-refractivity contribution in [2.24, 2.45) is 0 Å². The fourth-order valence-corrected chi connectivity index (χ4v) is 3.35. The molecular formula is C21H22N2O2S. The molecule has 2 N–H and O–H groups in total. The minimum absolute atomic E-state index is 0.0192. The molecule has 1 aliphatic heterocycles. The fraction of sp³-hybridized carbons (Fsp3) is 0.238. The first-order valence-electron chi connectivity index (χ1n) is 8.49. The fourth-order valence-electron chi connectivity index (χ4n) is 3.08. The van der Waals surface area contributed by atoms with Gasteiger partial charge in [0.25, 0.3) is 0 Å². The van der Waals surface area contributed by atoms with Gasteiger partial charge in [-0.05, 0) is 74.8 Å². The number of Topliss-reactive ketones (excluding diaryl/α,β-unsaturated/α-hetero) is 1. The summed E-state index contributed by atoms with van der Waals surface area (Å²) in [6, 6.07) is 13.6. The SMILES string of the molecule is CC(=O)C1=C(C)NC(=S)NC1c1ccc(Oc2cc(C)ccc2C)cc1. The maximum atomic E-state index is 12.1. The predicted molar refractivity (Wildman–Crippen MR) is 107 cm³/mol. The van der Waals surface area contributed by atoms with Gasteiger partial charge in [0.05, 0.1) is 6.04 Å². The van der Waals surface area contributed by atoms with Crippen LogP contribution in [0.5, 0.6) is 11.5 Å². The van der Waals surface area contributed by atoms with E-state index in [1.807, 2.05) is 57.2 Å². The van der Waals surface area contributed by atoms with Crippen molar-refractivity contribution in [3.63, 3.8) is 0 Å². The van der Waals surface area contributed by atoms with Crippen molar-refractivity contribution in [2.75, 3.05) is 0 Å². The van der Waals surface area contributed by atoms with Crippen molar-refractivity contribution in [3.05, 3.63) is 70.4 Å². The van der Waals surface area contributed by atoms with Crippen molar-refractivity contribution < 1.29 is 9.53 Å². The van der Waals surface area contributed by atoms with Crippen LogP contribution in [0.1, 0.15) is 36.6 Å². The maximum absolute atomic E-state index is 12.1. The third-order valence-electron chi connectivity index (χ3n) is 4.43. The van der Waals surface area contributed by atoms with Crippen molar-refractivity contribution in [1.29, 1.82) is 0 Å². The first-order valence-corrected chi connectivity index (χ1v) is 8.90. The quantitative estimate of drug-likeness (QED) is 0.782. The summed E-state index contributed by atoms with van der Waals surface area (Å²) in [6.07, 6.45) is 0. The van der Waals surface area contributed by atoms with Crippen LogP contribution in [0.4, 0.5) is 0 Å². The lowest BCUT2D eigenvalue weighted by Gasteiger charge is -2.29. The Bertz CT molecular complexity index is 901. The van der Waals surface area contributed by atoms with Crippen LogP contribution >= 0.6 is 12.2 Å². The molecule has 0 spiro atoms. The Hall–Kier alpha value is -2.66. The molecule has 1 heterocycles. The lowest BCUT2D eigenvalue weighted by atomic mass is 9.93. The summed E-state index contributed by atoms with van der Waals surface area (Å²) in [7, 11) is 0. The molecule has 1 unspecified atom stereocenters. The Kier molecular flexibility index (Phi) is 5.09. The second kappa shape index (κ2) is 7.30. The molecule has 0 aromatic heterocycles. The first-order chi connectivity index (χ1) is 12.3. The molecule has 2 aromatic carbocycles. The van der Waals surface area contributed by atoms with Gasteiger partial charge in [0.1, 0.15) is 11.5 Å². The molecule has 4 nitrogen and oxygen atoms in total. The van der Waals surface area contributed by atoms with Gasteiger partial charge in [-0.2, -0.15) is 0 Å². The number of aryl methyl sites for hydroxylation is 2. The molecule has 1 atom stereocenters. The molecular weight excluding hydrogens is 344 g/mol. The number of hydrogen-bond acceptors (Lipinski definition) is 3. The average Bonchev–Trinajstić information content (AvgIpc) is 2.57. The Balaban J connectivity index is 1.87. The van der Waals surface area contributed by atoms with E-state index in [0.717, 1.165) is 33.9 Å². The molecule has 0 saturated carbocycles. The van der Waals surface area contributed by atoms with Crippen LogP contribution in [-0.2, 0) is 4.79 Å². The summed E-state index contributed by atoms with van der Waals surface area (Å²) >= 11 is 5.25. The van der Waals surface area contributed by atoms with Crippen LogP contribution in [0.3, 0.4) is 0 Å². The molecule has 0 fully saturated rings. The monoisotopic (exact) mass is 366 g/mol.